The lowest BCUT2D eigenvalue weighted by Crippen LogP contribution is -2.17. The van der Waals surface area contributed by atoms with Crippen LogP contribution in [0, 0.1) is 10.1 Å². The summed E-state index contributed by atoms with van der Waals surface area (Å²) in [6.45, 7) is 0. The Kier molecular flexibility index (Phi) is 5.38. The lowest BCUT2D eigenvalue weighted by Gasteiger charge is -2.11. The first-order valence-corrected chi connectivity index (χ1v) is 8.75. The first kappa shape index (κ1) is 19.8. The van der Waals surface area contributed by atoms with E-state index in [1.54, 1.807) is 18.2 Å². The number of nitro benzene ring substituents is 1. The van der Waals surface area contributed by atoms with Crippen LogP contribution in [-0.2, 0) is 11.0 Å². The summed E-state index contributed by atoms with van der Waals surface area (Å²) < 4.78 is 44.3. The topological polar surface area (TPSA) is 81.5 Å². The monoisotopic (exact) mass is 426 g/mol. The van der Waals surface area contributed by atoms with Crippen molar-refractivity contribution in [3.05, 3.63) is 68.6 Å². The highest BCUT2D eigenvalue weighted by molar-refractivity contribution is 8.26. The van der Waals surface area contributed by atoms with Crippen LogP contribution in [0.2, 0.25) is 0 Å². The maximum absolute atomic E-state index is 12.8. The quantitative estimate of drug-likeness (QED) is 0.324. The Balaban J connectivity index is 1.99. The summed E-state index contributed by atoms with van der Waals surface area (Å²) in [5.74, 6) is -0.628. The summed E-state index contributed by atoms with van der Waals surface area (Å²) in [5, 5.41) is 13.7. The van der Waals surface area contributed by atoms with Gasteiger partial charge in [-0.1, -0.05) is 42.2 Å². The normalized spacial score (nSPS) is 15.6. The zero-order chi connectivity index (χ0) is 20.5. The lowest BCUT2D eigenvalue weighted by atomic mass is 10.1. The molecule has 1 saturated heterocycles. The van der Waals surface area contributed by atoms with Gasteiger partial charge in [0.15, 0.2) is 0 Å². The second kappa shape index (κ2) is 7.60. The van der Waals surface area contributed by atoms with Gasteiger partial charge in [-0.25, -0.2) is 0 Å². The molecule has 28 heavy (non-hydrogen) atoms. The van der Waals surface area contributed by atoms with Crippen LogP contribution in [0.25, 0.3) is 6.08 Å². The predicted octanol–water partition coefficient (Wildman–Crippen LogP) is 4.89. The number of thiocarbonyl (C=S) groups is 1. The van der Waals surface area contributed by atoms with E-state index in [1.165, 1.54) is 12.1 Å². The van der Waals surface area contributed by atoms with E-state index >= 15 is 0 Å². The van der Waals surface area contributed by atoms with Crippen LogP contribution in [0.1, 0.15) is 11.1 Å². The van der Waals surface area contributed by atoms with Gasteiger partial charge in [0.05, 0.1) is 15.4 Å². The third-order valence-corrected chi connectivity index (χ3v) is 4.71. The number of carbonyl (C=O) groups excluding carboxylic acids is 1. The van der Waals surface area contributed by atoms with Gasteiger partial charge in [-0.3, -0.25) is 14.9 Å². The predicted molar refractivity (Wildman–Crippen MR) is 101 cm³/mol. The summed E-state index contributed by atoms with van der Waals surface area (Å²) in [7, 11) is 0. The number of nitrogens with one attached hydrogen (secondary N) is 1. The molecule has 2 aromatic rings. The van der Waals surface area contributed by atoms with Crippen molar-refractivity contribution in [3.63, 3.8) is 0 Å². The van der Waals surface area contributed by atoms with Gasteiger partial charge in [0.25, 0.3) is 5.91 Å². The Morgan fingerprint density at radius 2 is 1.89 bits per heavy atom. The van der Waals surface area contributed by atoms with E-state index in [2.05, 4.69) is 5.32 Å². The van der Waals surface area contributed by atoms with Crippen LogP contribution < -0.4 is 10.1 Å². The Bertz CT molecular complexity index is 1020. The minimum Gasteiger partial charge on any atom is -0.449 e. The molecule has 0 saturated carbocycles. The highest BCUT2D eigenvalue weighted by Gasteiger charge is 2.33. The number of benzene rings is 2. The number of halogens is 3. The smallest absolute Gasteiger partial charge is 0.416 e. The Hall–Kier alpha value is -2.92. The molecule has 2 aromatic carbocycles. The van der Waals surface area contributed by atoms with Crippen molar-refractivity contribution < 1.29 is 27.6 Å². The van der Waals surface area contributed by atoms with Gasteiger partial charge >= 0.3 is 11.9 Å². The van der Waals surface area contributed by atoms with Crippen molar-refractivity contribution >= 4 is 46.0 Å². The largest absolute Gasteiger partial charge is 0.449 e. The van der Waals surface area contributed by atoms with Crippen LogP contribution in [0.4, 0.5) is 18.9 Å². The van der Waals surface area contributed by atoms with E-state index in [1.807, 2.05) is 0 Å². The first-order valence-electron chi connectivity index (χ1n) is 7.52. The SMILES string of the molecule is O=C1NC(=S)S/C1=C\c1ccccc1Oc1ccc(C(F)(F)F)cc1[N+](=O)[O-]. The van der Waals surface area contributed by atoms with E-state index < -0.39 is 28.3 Å². The van der Waals surface area contributed by atoms with Crippen molar-refractivity contribution in [1.29, 1.82) is 0 Å². The molecule has 0 aliphatic carbocycles. The molecule has 6 nitrogen and oxygen atoms in total. The van der Waals surface area contributed by atoms with Gasteiger partial charge in [-0.2, -0.15) is 13.2 Å². The number of amides is 1. The van der Waals surface area contributed by atoms with Crippen LogP contribution in [-0.4, -0.2) is 15.2 Å². The number of nitrogens with zero attached hydrogens (tertiary/aromatic N) is 1. The number of rotatable bonds is 4. The lowest BCUT2D eigenvalue weighted by molar-refractivity contribution is -0.385. The fraction of sp³-hybridized carbons (Fsp3) is 0.0588. The Labute approximate surface area is 165 Å². The van der Waals surface area contributed by atoms with Gasteiger partial charge in [-0.15, -0.1) is 0 Å². The molecule has 0 radical (unpaired) electrons. The van der Waals surface area contributed by atoms with Gasteiger partial charge in [0, 0.05) is 11.6 Å². The molecule has 1 aliphatic heterocycles. The number of para-hydroxylation sites is 1. The fourth-order valence-electron chi connectivity index (χ4n) is 2.30. The van der Waals surface area contributed by atoms with E-state index in [-0.39, 0.29) is 15.8 Å². The molecular formula is C17H9F3N2O4S2. The Morgan fingerprint density at radius 3 is 2.50 bits per heavy atom. The molecule has 3 rings (SSSR count). The molecule has 144 valence electrons. The van der Waals surface area contributed by atoms with Crippen LogP contribution in [0.15, 0.2) is 47.4 Å². The molecule has 0 spiro atoms. The van der Waals surface area contributed by atoms with Crippen LogP contribution >= 0.6 is 24.0 Å². The number of nitro groups is 1. The van der Waals surface area contributed by atoms with E-state index in [0.29, 0.717) is 22.6 Å². The third-order valence-electron chi connectivity index (χ3n) is 3.55. The average molecular weight is 426 g/mol. The minimum absolute atomic E-state index is 0.129. The number of ether oxygens (including phenoxy) is 1. The molecule has 1 fully saturated rings. The zero-order valence-corrected chi connectivity index (χ0v) is 15.3. The van der Waals surface area contributed by atoms with Gasteiger partial charge in [0.1, 0.15) is 10.1 Å². The van der Waals surface area contributed by atoms with Crippen molar-refractivity contribution in [2.24, 2.45) is 0 Å². The zero-order valence-electron chi connectivity index (χ0n) is 13.6. The van der Waals surface area contributed by atoms with Crippen molar-refractivity contribution in [3.8, 4) is 11.5 Å². The van der Waals surface area contributed by atoms with E-state index in [9.17, 15) is 28.1 Å². The summed E-state index contributed by atoms with van der Waals surface area (Å²) in [5.41, 5.74) is -1.58. The second-order valence-corrected chi connectivity index (χ2v) is 7.15. The molecule has 1 heterocycles. The summed E-state index contributed by atoms with van der Waals surface area (Å²) in [6, 6.07) is 8.29. The molecule has 0 atom stereocenters. The maximum atomic E-state index is 12.8. The third kappa shape index (κ3) is 4.31. The summed E-state index contributed by atoms with van der Waals surface area (Å²) in [6.07, 6.45) is -3.25. The molecular weight excluding hydrogens is 417 g/mol. The molecule has 1 aliphatic rings. The standard InChI is InChI=1S/C17H9F3N2O4S2/c18-17(19,20)10-5-6-13(11(8-10)22(24)25)26-12-4-2-1-3-9(12)7-14-15(23)21-16(27)28-14/h1-8H,(H,21,23,27)/b14-7-. The van der Waals surface area contributed by atoms with Crippen LogP contribution in [0.5, 0.6) is 11.5 Å². The summed E-state index contributed by atoms with van der Waals surface area (Å²) in [4.78, 5) is 22.4. The van der Waals surface area contributed by atoms with E-state index in [0.717, 1.165) is 17.8 Å². The van der Waals surface area contributed by atoms with Gasteiger partial charge in [-0.05, 0) is 24.3 Å². The van der Waals surface area contributed by atoms with Crippen molar-refractivity contribution in [2.75, 3.05) is 0 Å². The highest BCUT2D eigenvalue weighted by Crippen LogP contribution is 2.39. The Morgan fingerprint density at radius 1 is 1.18 bits per heavy atom. The van der Waals surface area contributed by atoms with Crippen LogP contribution in [0.3, 0.4) is 0 Å². The van der Waals surface area contributed by atoms with Crippen molar-refractivity contribution in [2.45, 2.75) is 6.18 Å². The average Bonchev–Trinajstić information content (AvgIpc) is 2.93. The van der Waals surface area contributed by atoms with Crippen molar-refractivity contribution in [1.82, 2.24) is 5.32 Å². The number of hydrogen-bond donors (Lipinski definition) is 1. The number of hydrogen-bond acceptors (Lipinski definition) is 6. The molecule has 1 amide bonds. The number of thioether (sulfide) groups is 1. The highest BCUT2D eigenvalue weighted by atomic mass is 32.2. The number of alkyl halides is 3. The summed E-state index contributed by atoms with van der Waals surface area (Å²) >= 11 is 5.95. The molecule has 0 aromatic heterocycles. The maximum Gasteiger partial charge on any atom is 0.416 e. The fourth-order valence-corrected chi connectivity index (χ4v) is 3.33. The van der Waals surface area contributed by atoms with E-state index in [4.69, 9.17) is 17.0 Å². The molecule has 0 bridgehead atoms. The molecule has 0 unspecified atom stereocenters. The van der Waals surface area contributed by atoms with Gasteiger partial charge < -0.3 is 10.1 Å². The molecule has 11 heteroatoms. The minimum atomic E-state index is -4.73. The van der Waals surface area contributed by atoms with Gasteiger partial charge in [0.2, 0.25) is 5.75 Å². The second-order valence-electron chi connectivity index (χ2n) is 5.43. The number of carbonyl (C=O) groups is 1. The molecule has 1 N–H and O–H groups in total. The first-order chi connectivity index (χ1) is 13.1.